The molecule has 0 fully saturated rings. The van der Waals surface area contributed by atoms with Gasteiger partial charge in [-0.15, -0.1) is 0 Å². The van der Waals surface area contributed by atoms with E-state index in [4.69, 9.17) is 18.9 Å². The van der Waals surface area contributed by atoms with Gasteiger partial charge >= 0.3 is 24.1 Å². The first-order valence-electron chi connectivity index (χ1n) is 23.2. The number of esters is 2. The molecule has 3 aliphatic rings. The lowest BCUT2D eigenvalue weighted by molar-refractivity contribution is -0.152. The molecule has 0 saturated carbocycles. The summed E-state index contributed by atoms with van der Waals surface area (Å²) in [6.45, 7) is 4.21. The molecule has 336 valence electrons. The fourth-order valence-corrected chi connectivity index (χ4v) is 9.77. The van der Waals surface area contributed by atoms with Crippen LogP contribution in [0.3, 0.4) is 0 Å². The molecule has 10 nitrogen and oxygen atoms in total. The zero-order valence-corrected chi connectivity index (χ0v) is 37.3. The van der Waals surface area contributed by atoms with Crippen LogP contribution in [0.5, 0.6) is 0 Å². The molecule has 4 aromatic rings. The standard InChI is InChI=1S/C54H62N2O8/c1-3-61-49(57)53(55-51(59)63-37-47-43-29-17-13-25-39(43)40-26-14-18-30-44(40)47)33-21-9-5-7-11-23-35-54(50(58)62-4-2,36-24-12-8-6-10-22-34-53)56-52(60)64-38-48-45-31-19-15-27-41(45)42-28-16-20-32-46(42)48/h5-8,13-20,25-32,47-48H,3-4,9-12,21-24,33-38H2,1-2H3,(H,55,59)(H,56,60)/b7-5-,8-6-. The molecule has 4 aromatic carbocycles. The lowest BCUT2D eigenvalue weighted by Crippen LogP contribution is -2.55. The number of benzene rings is 4. The molecule has 0 aliphatic heterocycles. The van der Waals surface area contributed by atoms with Crippen LogP contribution in [0.15, 0.2) is 121 Å². The van der Waals surface area contributed by atoms with Gasteiger partial charge in [-0.3, -0.25) is 0 Å². The van der Waals surface area contributed by atoms with Crippen LogP contribution in [0.4, 0.5) is 9.59 Å². The molecule has 7 rings (SSSR count). The number of fused-ring (bicyclic) bond motifs is 6. The molecule has 0 bridgehead atoms. The summed E-state index contributed by atoms with van der Waals surface area (Å²) in [5.41, 5.74) is 6.52. The van der Waals surface area contributed by atoms with Crippen LogP contribution in [0.2, 0.25) is 0 Å². The zero-order chi connectivity index (χ0) is 44.8. The van der Waals surface area contributed by atoms with E-state index >= 15 is 0 Å². The summed E-state index contributed by atoms with van der Waals surface area (Å²) in [5, 5.41) is 6.03. The van der Waals surface area contributed by atoms with Crippen LogP contribution in [-0.2, 0) is 28.5 Å². The lowest BCUT2D eigenvalue weighted by atomic mass is 9.86. The number of allylic oxidation sites excluding steroid dienone is 4. The number of hydrogen-bond acceptors (Lipinski definition) is 8. The Morgan fingerprint density at radius 2 is 0.734 bits per heavy atom. The number of carbonyl (C=O) groups excluding carboxylic acids is 4. The Morgan fingerprint density at radius 3 is 1.02 bits per heavy atom. The predicted molar refractivity (Wildman–Crippen MR) is 249 cm³/mol. The first-order chi connectivity index (χ1) is 31.3. The van der Waals surface area contributed by atoms with Gasteiger partial charge in [0, 0.05) is 11.8 Å². The van der Waals surface area contributed by atoms with Gasteiger partial charge in [0.05, 0.1) is 13.2 Å². The summed E-state index contributed by atoms with van der Waals surface area (Å²) in [7, 11) is 0. The Hall–Kier alpha value is -6.16. The van der Waals surface area contributed by atoms with Crippen molar-refractivity contribution in [3.05, 3.63) is 144 Å². The van der Waals surface area contributed by atoms with E-state index in [0.717, 1.165) is 44.5 Å². The predicted octanol–water partition coefficient (Wildman–Crippen LogP) is 11.5. The second-order valence-electron chi connectivity index (χ2n) is 17.0. The van der Waals surface area contributed by atoms with E-state index in [-0.39, 0.29) is 38.3 Å². The molecule has 64 heavy (non-hydrogen) atoms. The van der Waals surface area contributed by atoms with Crippen molar-refractivity contribution in [3.63, 3.8) is 0 Å². The second-order valence-corrected chi connectivity index (χ2v) is 17.0. The third-order valence-corrected chi connectivity index (χ3v) is 12.9. The van der Waals surface area contributed by atoms with Crippen molar-refractivity contribution in [2.45, 2.75) is 114 Å². The highest BCUT2D eigenvalue weighted by Crippen LogP contribution is 2.46. The molecule has 0 atom stereocenters. The second kappa shape index (κ2) is 22.0. The van der Waals surface area contributed by atoms with E-state index < -0.39 is 35.2 Å². The Morgan fingerprint density at radius 1 is 0.453 bits per heavy atom. The van der Waals surface area contributed by atoms with Crippen molar-refractivity contribution >= 4 is 24.1 Å². The number of hydrogen-bond donors (Lipinski definition) is 2. The summed E-state index contributed by atoms with van der Waals surface area (Å²) in [4.78, 5) is 55.0. The molecular formula is C54H62N2O8. The van der Waals surface area contributed by atoms with Crippen molar-refractivity contribution in [2.75, 3.05) is 26.4 Å². The van der Waals surface area contributed by atoms with E-state index in [1.54, 1.807) is 13.8 Å². The van der Waals surface area contributed by atoms with Crippen LogP contribution in [0.1, 0.15) is 125 Å². The van der Waals surface area contributed by atoms with Gasteiger partial charge in [0.2, 0.25) is 0 Å². The highest BCUT2D eigenvalue weighted by atomic mass is 16.6. The summed E-state index contributed by atoms with van der Waals surface area (Å²) in [6.07, 6.45) is 13.6. The molecule has 0 heterocycles. The number of rotatable bonds is 10. The van der Waals surface area contributed by atoms with Crippen molar-refractivity contribution in [1.82, 2.24) is 10.6 Å². The quantitative estimate of drug-likeness (QED) is 0.0916. The lowest BCUT2D eigenvalue weighted by Gasteiger charge is -2.32. The monoisotopic (exact) mass is 866 g/mol. The molecule has 2 N–H and O–H groups in total. The van der Waals surface area contributed by atoms with E-state index in [9.17, 15) is 19.2 Å². The largest absolute Gasteiger partial charge is 0.464 e. The number of alkyl carbamates (subject to hydrolysis) is 2. The third kappa shape index (κ3) is 10.6. The molecule has 0 saturated heterocycles. The minimum atomic E-state index is -1.25. The zero-order valence-electron chi connectivity index (χ0n) is 37.3. The van der Waals surface area contributed by atoms with Crippen molar-refractivity contribution in [3.8, 4) is 22.3 Å². The third-order valence-electron chi connectivity index (χ3n) is 12.9. The van der Waals surface area contributed by atoms with Gasteiger partial charge < -0.3 is 29.6 Å². The van der Waals surface area contributed by atoms with Gasteiger partial charge in [-0.1, -0.05) is 121 Å². The molecule has 3 aliphatic carbocycles. The molecule has 10 heteroatoms. The van der Waals surface area contributed by atoms with E-state index in [1.807, 2.05) is 48.5 Å². The van der Waals surface area contributed by atoms with E-state index in [1.165, 1.54) is 0 Å². The summed E-state index contributed by atoms with van der Waals surface area (Å²) >= 11 is 0. The molecule has 2 amide bonds. The number of ether oxygens (including phenoxy) is 4. The highest BCUT2D eigenvalue weighted by molar-refractivity contribution is 5.87. The molecular weight excluding hydrogens is 805 g/mol. The maximum absolute atomic E-state index is 13.8. The van der Waals surface area contributed by atoms with Gasteiger partial charge in [0.1, 0.15) is 24.3 Å². The van der Waals surface area contributed by atoms with Crippen molar-refractivity contribution in [2.24, 2.45) is 0 Å². The van der Waals surface area contributed by atoms with E-state index in [0.29, 0.717) is 77.0 Å². The van der Waals surface area contributed by atoms with Crippen molar-refractivity contribution in [1.29, 1.82) is 0 Å². The normalized spacial score (nSPS) is 21.3. The molecule has 0 radical (unpaired) electrons. The van der Waals surface area contributed by atoms with Crippen LogP contribution < -0.4 is 10.6 Å². The Labute approximate surface area is 377 Å². The van der Waals surface area contributed by atoms with Gasteiger partial charge in [-0.05, 0) is 135 Å². The highest BCUT2D eigenvalue weighted by Gasteiger charge is 2.43. The van der Waals surface area contributed by atoms with Crippen LogP contribution in [0.25, 0.3) is 22.3 Å². The number of carbonyl (C=O) groups is 4. The number of amides is 2. The van der Waals surface area contributed by atoms with Crippen LogP contribution >= 0.6 is 0 Å². The fraction of sp³-hybridized carbons (Fsp3) is 0.407. The minimum absolute atomic E-state index is 0.108. The van der Waals surface area contributed by atoms with Gasteiger partial charge in [0.15, 0.2) is 0 Å². The average Bonchev–Trinajstić information content (AvgIpc) is 3.81. The smallest absolute Gasteiger partial charge is 0.408 e. The SMILES string of the molecule is CCOC(=O)C1(NC(=O)OCC2c3ccccc3-c3ccccc32)CCC/C=C\CCCC(NC(=O)OCC2c3ccccc3-c3ccccc32)(C(=O)OCC)CCC/C=C\CCC1. The van der Waals surface area contributed by atoms with Gasteiger partial charge in [-0.25, -0.2) is 19.2 Å². The molecule has 0 spiro atoms. The van der Waals surface area contributed by atoms with Crippen LogP contribution in [-0.4, -0.2) is 61.6 Å². The Balaban J connectivity index is 0.995. The summed E-state index contributed by atoms with van der Waals surface area (Å²) in [6, 6.07) is 32.8. The van der Waals surface area contributed by atoms with Crippen LogP contribution in [0, 0.1) is 0 Å². The number of nitrogens with one attached hydrogen (secondary N) is 2. The van der Waals surface area contributed by atoms with Crippen molar-refractivity contribution < 1.29 is 38.1 Å². The first-order valence-corrected chi connectivity index (χ1v) is 23.2. The summed E-state index contributed by atoms with van der Waals surface area (Å²) in [5.74, 6) is -1.12. The van der Waals surface area contributed by atoms with E-state index in [2.05, 4.69) is 83.5 Å². The fourth-order valence-electron chi connectivity index (χ4n) is 9.77. The average molecular weight is 867 g/mol. The Bertz CT molecular complexity index is 2040. The van der Waals surface area contributed by atoms with Gasteiger partial charge in [0.25, 0.3) is 0 Å². The minimum Gasteiger partial charge on any atom is -0.464 e. The first kappa shape index (κ1) is 45.9. The maximum Gasteiger partial charge on any atom is 0.408 e. The molecule has 0 unspecified atom stereocenters. The summed E-state index contributed by atoms with van der Waals surface area (Å²) < 4.78 is 23.1. The topological polar surface area (TPSA) is 129 Å². The maximum atomic E-state index is 13.8. The Kier molecular flexibility index (Phi) is 15.7. The van der Waals surface area contributed by atoms with Gasteiger partial charge in [-0.2, -0.15) is 0 Å². The molecule has 0 aromatic heterocycles.